The van der Waals surface area contributed by atoms with Crippen LogP contribution in [0.5, 0.6) is 5.75 Å². The molecule has 0 aliphatic rings. The maximum Gasteiger partial charge on any atom is 0.262 e. The number of sulfonamides is 1. The van der Waals surface area contributed by atoms with E-state index in [4.69, 9.17) is 23.2 Å². The number of nitrogens with one attached hydrogen (secondary N) is 1. The van der Waals surface area contributed by atoms with E-state index >= 15 is 0 Å². The SMILES string of the molecule is C=Cc1c(NS(=O)(=O)c2cc(Cl)ccc2C)cc(Cl)c(O)c1C=C. The predicted molar refractivity (Wildman–Crippen MR) is 100 cm³/mol. The Hall–Kier alpha value is -1.95. The molecule has 0 aliphatic heterocycles. The highest BCUT2D eigenvalue weighted by Crippen LogP contribution is 2.38. The third-order valence-electron chi connectivity index (χ3n) is 3.43. The van der Waals surface area contributed by atoms with Gasteiger partial charge in [-0.3, -0.25) is 4.72 Å². The molecule has 0 bridgehead atoms. The third kappa shape index (κ3) is 3.43. The lowest BCUT2D eigenvalue weighted by Crippen LogP contribution is -2.15. The molecule has 0 unspecified atom stereocenters. The Labute approximate surface area is 151 Å². The standard InChI is InChI=1S/C17H15Cl2NO3S/c1-4-12-13(5-2)17(21)14(19)9-15(12)20-24(22,23)16-8-11(18)7-6-10(16)3/h4-9,20-21H,1-2H2,3H3. The van der Waals surface area contributed by atoms with Crippen LogP contribution < -0.4 is 4.72 Å². The normalized spacial score (nSPS) is 11.1. The van der Waals surface area contributed by atoms with Gasteiger partial charge in [0.25, 0.3) is 10.0 Å². The molecule has 0 spiro atoms. The molecule has 2 aromatic carbocycles. The third-order valence-corrected chi connectivity index (χ3v) is 5.46. The molecule has 2 aromatic rings. The van der Waals surface area contributed by atoms with E-state index in [0.717, 1.165) is 0 Å². The zero-order valence-electron chi connectivity index (χ0n) is 12.8. The Bertz CT molecular complexity index is 937. The van der Waals surface area contributed by atoms with Crippen molar-refractivity contribution in [2.24, 2.45) is 0 Å². The van der Waals surface area contributed by atoms with Crippen LogP contribution in [-0.2, 0) is 10.0 Å². The van der Waals surface area contributed by atoms with E-state index in [0.29, 0.717) is 16.1 Å². The second kappa shape index (κ2) is 6.89. The lowest BCUT2D eigenvalue weighted by Gasteiger charge is -2.16. The van der Waals surface area contributed by atoms with Gasteiger partial charge in [0.05, 0.1) is 15.6 Å². The summed E-state index contributed by atoms with van der Waals surface area (Å²) in [6, 6.07) is 5.91. The summed E-state index contributed by atoms with van der Waals surface area (Å²) in [6.45, 7) is 8.91. The van der Waals surface area contributed by atoms with Crippen LogP contribution in [0.15, 0.2) is 42.3 Å². The minimum absolute atomic E-state index is 0.00369. The first-order valence-corrected chi connectivity index (χ1v) is 9.04. The van der Waals surface area contributed by atoms with E-state index in [1.165, 1.54) is 24.3 Å². The summed E-state index contributed by atoms with van der Waals surface area (Å²) in [5.41, 5.74) is 1.39. The van der Waals surface area contributed by atoms with Crippen molar-refractivity contribution >= 4 is 51.1 Å². The van der Waals surface area contributed by atoms with E-state index in [1.54, 1.807) is 19.1 Å². The summed E-state index contributed by atoms with van der Waals surface area (Å²) in [5.74, 6) is -0.191. The molecule has 0 atom stereocenters. The fourth-order valence-electron chi connectivity index (χ4n) is 2.25. The molecule has 0 aromatic heterocycles. The van der Waals surface area contributed by atoms with Crippen molar-refractivity contribution in [3.05, 3.63) is 64.2 Å². The summed E-state index contributed by atoms with van der Waals surface area (Å²) in [5, 5.41) is 10.3. The van der Waals surface area contributed by atoms with Gasteiger partial charge in [-0.05, 0) is 30.7 Å². The van der Waals surface area contributed by atoms with E-state index in [2.05, 4.69) is 17.9 Å². The molecule has 0 heterocycles. The smallest absolute Gasteiger partial charge is 0.262 e. The molecular formula is C17H15Cl2NO3S. The quantitative estimate of drug-likeness (QED) is 0.706. The fraction of sp³-hybridized carbons (Fsp3) is 0.0588. The van der Waals surface area contributed by atoms with E-state index in [9.17, 15) is 13.5 Å². The molecule has 0 saturated carbocycles. The summed E-state index contributed by atoms with van der Waals surface area (Å²) < 4.78 is 27.9. The highest BCUT2D eigenvalue weighted by molar-refractivity contribution is 7.92. The molecular weight excluding hydrogens is 369 g/mol. The molecule has 4 nitrogen and oxygen atoms in total. The minimum atomic E-state index is -3.91. The fourth-order valence-corrected chi connectivity index (χ4v) is 4.04. The number of hydrogen-bond donors (Lipinski definition) is 2. The molecule has 0 amide bonds. The van der Waals surface area contributed by atoms with Crippen LogP contribution in [0.4, 0.5) is 5.69 Å². The summed E-state index contributed by atoms with van der Waals surface area (Å²) in [6.07, 6.45) is 2.79. The average molecular weight is 384 g/mol. The largest absolute Gasteiger partial charge is 0.506 e. The first-order chi connectivity index (χ1) is 11.2. The lowest BCUT2D eigenvalue weighted by molar-refractivity contribution is 0.474. The molecule has 0 aliphatic carbocycles. The van der Waals surface area contributed by atoms with Crippen LogP contribution >= 0.6 is 23.2 Å². The van der Waals surface area contributed by atoms with Crippen LogP contribution in [-0.4, -0.2) is 13.5 Å². The number of aryl methyl sites for hydroxylation is 1. The molecule has 7 heteroatoms. The van der Waals surface area contributed by atoms with Gasteiger partial charge in [-0.2, -0.15) is 0 Å². The van der Waals surface area contributed by atoms with Crippen LogP contribution in [0.2, 0.25) is 10.0 Å². The summed E-state index contributed by atoms with van der Waals surface area (Å²) >= 11 is 11.9. The maximum atomic E-state index is 12.7. The van der Waals surface area contributed by atoms with Gasteiger partial charge in [-0.25, -0.2) is 8.42 Å². The van der Waals surface area contributed by atoms with Gasteiger partial charge in [0.15, 0.2) is 0 Å². The number of halogens is 2. The Morgan fingerprint density at radius 3 is 2.33 bits per heavy atom. The van der Waals surface area contributed by atoms with E-state index < -0.39 is 10.0 Å². The van der Waals surface area contributed by atoms with Gasteiger partial charge in [-0.15, -0.1) is 0 Å². The van der Waals surface area contributed by atoms with Crippen molar-refractivity contribution in [1.82, 2.24) is 0 Å². The van der Waals surface area contributed by atoms with Gasteiger partial charge in [0.1, 0.15) is 5.75 Å². The van der Waals surface area contributed by atoms with Crippen molar-refractivity contribution in [3.63, 3.8) is 0 Å². The number of benzene rings is 2. The zero-order valence-corrected chi connectivity index (χ0v) is 15.1. The van der Waals surface area contributed by atoms with Crippen molar-refractivity contribution in [1.29, 1.82) is 0 Å². The Morgan fingerprint density at radius 1 is 1.12 bits per heavy atom. The maximum absolute atomic E-state index is 12.7. The Balaban J connectivity index is 2.62. The van der Waals surface area contributed by atoms with Crippen molar-refractivity contribution in [3.8, 4) is 5.75 Å². The number of phenols is 1. The molecule has 0 saturated heterocycles. The van der Waals surface area contributed by atoms with Gasteiger partial charge in [-0.1, -0.05) is 54.6 Å². The first kappa shape index (κ1) is 18.4. The molecule has 0 radical (unpaired) electrons. The van der Waals surface area contributed by atoms with E-state index in [1.807, 2.05) is 0 Å². The van der Waals surface area contributed by atoms with Crippen LogP contribution in [0.1, 0.15) is 16.7 Å². The second-order valence-corrected chi connectivity index (χ2v) is 7.50. The van der Waals surface area contributed by atoms with Crippen LogP contribution in [0, 0.1) is 6.92 Å². The molecule has 0 fully saturated rings. The number of aromatic hydroxyl groups is 1. The zero-order chi connectivity index (χ0) is 18.1. The number of phenolic OH excluding ortho intramolecular Hbond substituents is 1. The highest BCUT2D eigenvalue weighted by atomic mass is 35.5. The Kier molecular flexibility index (Phi) is 5.28. The van der Waals surface area contributed by atoms with Crippen molar-refractivity contribution < 1.29 is 13.5 Å². The summed E-state index contributed by atoms with van der Waals surface area (Å²) in [4.78, 5) is 0.0503. The minimum Gasteiger partial charge on any atom is -0.506 e. The molecule has 24 heavy (non-hydrogen) atoms. The van der Waals surface area contributed by atoms with Crippen molar-refractivity contribution in [2.45, 2.75) is 11.8 Å². The molecule has 2 rings (SSSR count). The first-order valence-electron chi connectivity index (χ1n) is 6.80. The number of hydrogen-bond acceptors (Lipinski definition) is 3. The average Bonchev–Trinajstić information content (AvgIpc) is 2.52. The molecule has 2 N–H and O–H groups in total. The Morgan fingerprint density at radius 2 is 1.75 bits per heavy atom. The number of anilines is 1. The van der Waals surface area contributed by atoms with Gasteiger partial charge in [0, 0.05) is 16.1 Å². The molecule has 126 valence electrons. The monoisotopic (exact) mass is 383 g/mol. The van der Waals surface area contributed by atoms with Crippen molar-refractivity contribution in [2.75, 3.05) is 4.72 Å². The predicted octanol–water partition coefficient (Wildman–Crippen LogP) is 5.09. The lowest BCUT2D eigenvalue weighted by atomic mass is 10.0. The van der Waals surface area contributed by atoms with Gasteiger partial charge < -0.3 is 5.11 Å². The topological polar surface area (TPSA) is 66.4 Å². The second-order valence-electron chi connectivity index (χ2n) is 5.01. The van der Waals surface area contributed by atoms with Gasteiger partial charge >= 0.3 is 0 Å². The van der Waals surface area contributed by atoms with Crippen LogP contribution in [0.25, 0.3) is 12.2 Å². The summed E-state index contributed by atoms with van der Waals surface area (Å²) in [7, 11) is -3.91. The van der Waals surface area contributed by atoms with Gasteiger partial charge in [0.2, 0.25) is 0 Å². The highest BCUT2D eigenvalue weighted by Gasteiger charge is 2.21. The van der Waals surface area contributed by atoms with E-state index in [-0.39, 0.29) is 26.9 Å². The van der Waals surface area contributed by atoms with Crippen LogP contribution in [0.3, 0.4) is 0 Å². The number of rotatable bonds is 5.